The third-order valence-electron chi connectivity index (χ3n) is 7.08. The molecule has 34 heavy (non-hydrogen) atoms. The zero-order valence-corrected chi connectivity index (χ0v) is 20.7. The van der Waals surface area contributed by atoms with Crippen LogP contribution in [0.4, 0.5) is 11.6 Å². The van der Waals surface area contributed by atoms with Crippen LogP contribution in [-0.2, 0) is 16.1 Å². The van der Waals surface area contributed by atoms with Crippen molar-refractivity contribution in [1.29, 1.82) is 0 Å². The number of morpholine rings is 1. The van der Waals surface area contributed by atoms with Crippen molar-refractivity contribution in [1.82, 2.24) is 19.9 Å². The molecule has 0 amide bonds. The minimum absolute atomic E-state index is 0.472. The fourth-order valence-electron chi connectivity index (χ4n) is 5.18. The zero-order valence-electron chi connectivity index (χ0n) is 19.8. The Balaban J connectivity index is 1.47. The summed E-state index contributed by atoms with van der Waals surface area (Å²) in [6.07, 6.45) is 3.23. The van der Waals surface area contributed by atoms with Gasteiger partial charge >= 0.3 is 0 Å². The predicted molar refractivity (Wildman–Crippen MR) is 132 cm³/mol. The standard InChI is InChI=1S/C24H30N6O3S/c1-14-18(13-29-11-16-8-17(16)12-29)21-22(34-14)20(26-24(27-21)30-4-6-33-7-5-30)15-9-19(28-32-3)23(31-2)25-10-15/h9-10,16-17,28H,4-8,11-13H2,1-3H3. The van der Waals surface area contributed by atoms with Crippen LogP contribution in [0.2, 0.25) is 0 Å². The summed E-state index contributed by atoms with van der Waals surface area (Å²) < 4.78 is 12.1. The monoisotopic (exact) mass is 482 g/mol. The number of nitrogens with zero attached hydrogens (tertiary/aromatic N) is 5. The first-order valence-electron chi connectivity index (χ1n) is 11.8. The highest BCUT2D eigenvalue weighted by Crippen LogP contribution is 2.46. The van der Waals surface area contributed by atoms with E-state index in [9.17, 15) is 0 Å². The van der Waals surface area contributed by atoms with E-state index in [4.69, 9.17) is 24.3 Å². The molecule has 0 radical (unpaired) electrons. The molecule has 2 atom stereocenters. The van der Waals surface area contributed by atoms with Gasteiger partial charge in [0.25, 0.3) is 0 Å². The highest BCUT2D eigenvalue weighted by molar-refractivity contribution is 7.19. The van der Waals surface area contributed by atoms with Crippen LogP contribution in [0, 0.1) is 18.8 Å². The lowest BCUT2D eigenvalue weighted by molar-refractivity contribution is 0.122. The van der Waals surface area contributed by atoms with Gasteiger partial charge in [0, 0.05) is 54.9 Å². The van der Waals surface area contributed by atoms with E-state index in [2.05, 4.69) is 27.2 Å². The van der Waals surface area contributed by atoms with Crippen LogP contribution in [0.15, 0.2) is 12.3 Å². The van der Waals surface area contributed by atoms with E-state index in [0.29, 0.717) is 24.8 Å². The smallest absolute Gasteiger partial charge is 0.239 e. The van der Waals surface area contributed by atoms with Gasteiger partial charge in [0.2, 0.25) is 11.8 Å². The second-order valence-corrected chi connectivity index (χ2v) is 10.5. The second kappa shape index (κ2) is 8.92. The van der Waals surface area contributed by atoms with Gasteiger partial charge in [-0.05, 0) is 31.2 Å². The SMILES string of the molecule is CONc1cc(-c2nc(N3CCOCC3)nc3c(CN4CC5CC5C4)c(C)sc23)cnc1OC. The molecule has 3 aromatic rings. The molecule has 5 heterocycles. The number of rotatable bonds is 7. The summed E-state index contributed by atoms with van der Waals surface area (Å²) in [6.45, 7) is 8.54. The molecule has 3 fully saturated rings. The maximum Gasteiger partial charge on any atom is 0.239 e. The van der Waals surface area contributed by atoms with Crippen molar-refractivity contribution >= 4 is 33.2 Å². The molecule has 1 N–H and O–H groups in total. The summed E-state index contributed by atoms with van der Waals surface area (Å²) in [6, 6.07) is 1.98. The molecule has 180 valence electrons. The summed E-state index contributed by atoms with van der Waals surface area (Å²) in [7, 11) is 3.17. The van der Waals surface area contributed by atoms with E-state index in [1.54, 1.807) is 25.6 Å². The molecule has 0 aromatic carbocycles. The van der Waals surface area contributed by atoms with Crippen LogP contribution in [0.5, 0.6) is 5.88 Å². The number of fused-ring (bicyclic) bond motifs is 2. The number of hydrogen-bond donors (Lipinski definition) is 1. The number of piperidine rings is 1. The van der Waals surface area contributed by atoms with Crippen LogP contribution in [0.25, 0.3) is 21.5 Å². The molecular weight excluding hydrogens is 452 g/mol. The van der Waals surface area contributed by atoms with Gasteiger partial charge in [0.1, 0.15) is 5.69 Å². The van der Waals surface area contributed by atoms with Gasteiger partial charge in [-0.1, -0.05) is 0 Å². The summed E-state index contributed by atoms with van der Waals surface area (Å²) in [5.74, 6) is 3.05. The third-order valence-corrected chi connectivity index (χ3v) is 8.22. The number of pyridine rings is 1. The first kappa shape index (κ1) is 22.0. The highest BCUT2D eigenvalue weighted by Gasteiger charge is 2.45. The maximum absolute atomic E-state index is 5.57. The van der Waals surface area contributed by atoms with Crippen LogP contribution >= 0.6 is 11.3 Å². The van der Waals surface area contributed by atoms with Crippen molar-refractivity contribution in [2.24, 2.45) is 11.8 Å². The molecule has 1 aliphatic carbocycles. The Labute approximate surface area is 203 Å². The fraction of sp³-hybridized carbons (Fsp3) is 0.542. The van der Waals surface area contributed by atoms with Crippen molar-refractivity contribution in [3.05, 3.63) is 22.7 Å². The highest BCUT2D eigenvalue weighted by atomic mass is 32.1. The number of methoxy groups -OCH3 is 1. The molecule has 0 spiro atoms. The molecule has 1 saturated carbocycles. The summed E-state index contributed by atoms with van der Waals surface area (Å²) in [5.41, 5.74) is 7.72. The third kappa shape index (κ3) is 3.98. The average molecular weight is 483 g/mol. The molecule has 2 aliphatic heterocycles. The predicted octanol–water partition coefficient (Wildman–Crippen LogP) is 3.33. The molecule has 6 rings (SSSR count). The zero-order chi connectivity index (χ0) is 23.2. The topological polar surface area (TPSA) is 84.9 Å². The van der Waals surface area contributed by atoms with Crippen molar-refractivity contribution in [2.75, 3.05) is 64.0 Å². The molecule has 2 saturated heterocycles. The second-order valence-electron chi connectivity index (χ2n) is 9.32. The van der Waals surface area contributed by atoms with E-state index in [1.807, 2.05) is 12.3 Å². The van der Waals surface area contributed by atoms with Crippen LogP contribution < -0.4 is 15.1 Å². The van der Waals surface area contributed by atoms with Crippen LogP contribution in [-0.4, -0.2) is 73.5 Å². The van der Waals surface area contributed by atoms with Gasteiger partial charge in [-0.3, -0.25) is 15.2 Å². The summed E-state index contributed by atoms with van der Waals surface area (Å²) >= 11 is 1.77. The van der Waals surface area contributed by atoms with Crippen molar-refractivity contribution in [2.45, 2.75) is 19.9 Å². The molecular formula is C24H30N6O3S. The quantitative estimate of drug-likeness (QED) is 0.510. The van der Waals surface area contributed by atoms with Crippen molar-refractivity contribution in [3.63, 3.8) is 0 Å². The van der Waals surface area contributed by atoms with E-state index in [0.717, 1.165) is 58.9 Å². The molecule has 2 unspecified atom stereocenters. The van der Waals surface area contributed by atoms with Gasteiger partial charge in [0.05, 0.1) is 43.3 Å². The number of likely N-dealkylation sites (tertiary alicyclic amines) is 1. The van der Waals surface area contributed by atoms with Gasteiger partial charge in [-0.2, -0.15) is 0 Å². The maximum atomic E-state index is 5.57. The lowest BCUT2D eigenvalue weighted by atomic mass is 10.1. The number of nitrogens with one attached hydrogen (secondary N) is 1. The first-order valence-corrected chi connectivity index (χ1v) is 12.6. The Bertz CT molecular complexity index is 1200. The minimum atomic E-state index is 0.472. The number of hydrogen-bond acceptors (Lipinski definition) is 10. The Morgan fingerprint density at radius 1 is 1.18 bits per heavy atom. The van der Waals surface area contributed by atoms with Crippen molar-refractivity contribution < 1.29 is 14.3 Å². The number of aromatic nitrogens is 3. The Hall–Kier alpha value is -2.53. The molecule has 10 heteroatoms. The van der Waals surface area contributed by atoms with E-state index < -0.39 is 0 Å². The van der Waals surface area contributed by atoms with Gasteiger partial charge in [0.15, 0.2) is 0 Å². The molecule has 3 aromatic heterocycles. The lowest BCUT2D eigenvalue weighted by Crippen LogP contribution is -2.37. The Morgan fingerprint density at radius 2 is 1.97 bits per heavy atom. The number of ether oxygens (including phenoxy) is 2. The number of anilines is 2. The van der Waals surface area contributed by atoms with Gasteiger partial charge in [-0.25, -0.2) is 15.0 Å². The molecule has 3 aliphatic rings. The van der Waals surface area contributed by atoms with E-state index >= 15 is 0 Å². The Morgan fingerprint density at radius 3 is 2.71 bits per heavy atom. The van der Waals surface area contributed by atoms with Crippen molar-refractivity contribution in [3.8, 4) is 17.1 Å². The largest absolute Gasteiger partial charge is 0.479 e. The number of thiophene rings is 1. The first-order chi connectivity index (χ1) is 16.6. The van der Waals surface area contributed by atoms with E-state index in [-0.39, 0.29) is 0 Å². The average Bonchev–Trinajstić information content (AvgIpc) is 3.35. The minimum Gasteiger partial charge on any atom is -0.479 e. The normalized spacial score (nSPS) is 22.3. The summed E-state index contributed by atoms with van der Waals surface area (Å²) in [5, 5.41) is 0. The lowest BCUT2D eigenvalue weighted by Gasteiger charge is -2.27. The van der Waals surface area contributed by atoms with Crippen LogP contribution in [0.1, 0.15) is 16.9 Å². The van der Waals surface area contributed by atoms with E-state index in [1.165, 1.54) is 30.0 Å². The summed E-state index contributed by atoms with van der Waals surface area (Å²) in [4.78, 5) is 26.0. The van der Waals surface area contributed by atoms with Gasteiger partial charge < -0.3 is 14.4 Å². The van der Waals surface area contributed by atoms with Crippen LogP contribution in [0.3, 0.4) is 0 Å². The molecule has 9 nitrogen and oxygen atoms in total. The molecule has 0 bridgehead atoms. The number of aryl methyl sites for hydroxylation is 1. The van der Waals surface area contributed by atoms with Gasteiger partial charge in [-0.15, -0.1) is 11.3 Å². The fourth-order valence-corrected chi connectivity index (χ4v) is 6.30. The Kier molecular flexibility index (Phi) is 5.76.